The lowest BCUT2D eigenvalue weighted by atomic mass is 9.85. The first-order valence-electron chi connectivity index (χ1n) is 25.6. The number of hydrogen-bond donors (Lipinski definition) is 1. The first-order chi connectivity index (χ1) is 34.2. The lowest BCUT2D eigenvalue weighted by molar-refractivity contribution is -0.0249. The summed E-state index contributed by atoms with van der Waals surface area (Å²) in [4.78, 5) is 93.4. The second-order valence-corrected chi connectivity index (χ2v) is 25.2. The molecule has 2 aromatic carbocycles. The molecule has 2 aromatic heterocycles. The fourth-order valence-corrected chi connectivity index (χ4v) is 8.57. The van der Waals surface area contributed by atoms with Crippen LogP contribution in [0.2, 0.25) is 0 Å². The predicted octanol–water partition coefficient (Wildman–Crippen LogP) is 11.5. The highest BCUT2D eigenvalue weighted by Crippen LogP contribution is 2.41. The van der Waals surface area contributed by atoms with Gasteiger partial charge in [0.25, 0.3) is 0 Å². The summed E-state index contributed by atoms with van der Waals surface area (Å²) in [6, 6.07) is 14.5. The smallest absolute Gasteiger partial charge is 0.420 e. The van der Waals surface area contributed by atoms with Crippen LogP contribution in [0.15, 0.2) is 48.5 Å². The number of rotatable bonds is 4. The number of amides is 4. The molecule has 2 saturated heterocycles. The van der Waals surface area contributed by atoms with E-state index in [9.17, 15) is 28.8 Å². The van der Waals surface area contributed by atoms with Gasteiger partial charge >= 0.3 is 36.6 Å². The number of piperidine rings is 2. The quantitative estimate of drug-likeness (QED) is 0.188. The largest absolute Gasteiger partial charge is 0.444 e. The lowest BCUT2D eigenvalue weighted by Gasteiger charge is -2.46. The van der Waals surface area contributed by atoms with Gasteiger partial charge in [0.05, 0.1) is 22.1 Å². The summed E-state index contributed by atoms with van der Waals surface area (Å²) in [7, 11) is 1.65. The van der Waals surface area contributed by atoms with E-state index in [-0.39, 0.29) is 25.9 Å². The van der Waals surface area contributed by atoms with Crippen molar-refractivity contribution in [3.63, 3.8) is 0 Å². The van der Waals surface area contributed by atoms with E-state index in [0.717, 1.165) is 0 Å². The molecule has 4 heterocycles. The molecule has 0 unspecified atom stereocenters. The number of nitrogens with one attached hydrogen (secondary N) is 1. The van der Waals surface area contributed by atoms with Crippen molar-refractivity contribution in [3.8, 4) is 0 Å². The molecule has 0 saturated carbocycles. The highest BCUT2D eigenvalue weighted by atomic mass is 16.6. The van der Waals surface area contributed by atoms with Crippen molar-refractivity contribution < 1.29 is 57.2 Å². The molecule has 1 N–H and O–H groups in total. The summed E-state index contributed by atoms with van der Waals surface area (Å²) in [5.41, 5.74) is -4.06. The Morgan fingerprint density at radius 1 is 0.467 bits per heavy atom. The molecule has 4 amide bonds. The maximum atomic E-state index is 13.6. The van der Waals surface area contributed by atoms with Gasteiger partial charge in [-0.2, -0.15) is 0 Å². The molecule has 20 heteroatoms. The minimum Gasteiger partial charge on any atom is -0.444 e. The Balaban J connectivity index is 0.000000277. The van der Waals surface area contributed by atoms with Gasteiger partial charge in [-0.15, -0.1) is 0 Å². The average Bonchev–Trinajstić information content (AvgIpc) is 3.84. The first-order valence-corrected chi connectivity index (χ1v) is 25.6. The number of ether oxygens (including phenoxy) is 6. The van der Waals surface area contributed by atoms with Gasteiger partial charge in [0.1, 0.15) is 56.3 Å². The number of carbonyl (C=O) groups is 6. The number of hydrogen-bond acceptors (Lipinski definition) is 14. The van der Waals surface area contributed by atoms with Crippen LogP contribution in [0.1, 0.15) is 162 Å². The molecule has 2 aliphatic rings. The Kier molecular flexibility index (Phi) is 17.0. The predicted molar refractivity (Wildman–Crippen MR) is 284 cm³/mol. The molecule has 0 bridgehead atoms. The Morgan fingerprint density at radius 2 is 0.800 bits per heavy atom. The number of fused-ring (bicyclic) bond motifs is 2. The van der Waals surface area contributed by atoms with Crippen molar-refractivity contribution in [1.82, 2.24) is 39.1 Å². The highest BCUT2D eigenvalue weighted by Gasteiger charge is 2.50. The Morgan fingerprint density at radius 3 is 1.19 bits per heavy atom. The van der Waals surface area contributed by atoms with Crippen molar-refractivity contribution in [2.45, 2.75) is 195 Å². The summed E-state index contributed by atoms with van der Waals surface area (Å²) in [6.07, 6.45) is -2.03. The van der Waals surface area contributed by atoms with Gasteiger partial charge in [-0.3, -0.25) is 4.90 Å². The van der Waals surface area contributed by atoms with Crippen LogP contribution in [0.3, 0.4) is 0 Å². The molecule has 4 aromatic rings. The van der Waals surface area contributed by atoms with Crippen LogP contribution in [0.4, 0.5) is 28.8 Å². The van der Waals surface area contributed by atoms with Gasteiger partial charge in [-0.25, -0.2) is 47.9 Å². The minimum absolute atomic E-state index is 0.280. The molecule has 0 radical (unpaired) electrons. The zero-order valence-electron chi connectivity index (χ0n) is 47.8. The standard InChI is InChI=1S/C28H42N4O6.C27H40N4O6/c1-25(2,3)36-22(33)30(10)28(15-17-31(18-16-28)23(34)37-26(4,5)6)21-29-19-13-11-12-14-20(19)32(21)24(35)38-27(7,8)9;1-24(2,3)35-21(32)29-27(14-16-30(17-15-27)22(33)36-25(4,5)6)20-28-18-12-10-11-13-19(18)31(20)23(34)37-26(7,8)9/h11-14H,15-18H2,1-10H3;10-13H,14-17H2,1-9H3,(H,29,32). The maximum absolute atomic E-state index is 13.6. The zero-order chi connectivity index (χ0) is 56.5. The number of aromatic nitrogens is 4. The van der Waals surface area contributed by atoms with Gasteiger partial charge in [-0.05, 0) is 175 Å². The maximum Gasteiger partial charge on any atom is 0.420 e. The van der Waals surface area contributed by atoms with Gasteiger partial charge < -0.3 is 43.5 Å². The molecule has 75 heavy (non-hydrogen) atoms. The van der Waals surface area contributed by atoms with E-state index in [1.165, 1.54) is 14.0 Å². The van der Waals surface area contributed by atoms with Crippen molar-refractivity contribution in [3.05, 3.63) is 60.2 Å². The van der Waals surface area contributed by atoms with E-state index in [1.54, 1.807) is 118 Å². The Labute approximate surface area is 442 Å². The molecule has 6 rings (SSSR count). The number of imidazole rings is 2. The van der Waals surface area contributed by atoms with E-state index >= 15 is 0 Å². The zero-order valence-corrected chi connectivity index (χ0v) is 47.8. The summed E-state index contributed by atoms with van der Waals surface area (Å²) < 4.78 is 36.8. The molecule has 414 valence electrons. The first kappa shape index (κ1) is 59.3. The normalized spacial score (nSPS) is 16.3. The van der Waals surface area contributed by atoms with Gasteiger partial charge in [-0.1, -0.05) is 24.3 Å². The van der Waals surface area contributed by atoms with Crippen LogP contribution in [0.25, 0.3) is 22.1 Å². The number of alkyl carbamates (subject to hydrolysis) is 1. The number of para-hydroxylation sites is 4. The fourth-order valence-electron chi connectivity index (χ4n) is 8.57. The van der Waals surface area contributed by atoms with E-state index in [1.807, 2.05) is 71.9 Å². The molecule has 0 spiro atoms. The highest BCUT2D eigenvalue weighted by molar-refractivity contribution is 5.89. The van der Waals surface area contributed by atoms with E-state index in [2.05, 4.69) is 5.32 Å². The Bertz CT molecular complexity index is 2720. The Hall–Kier alpha value is -6.60. The summed E-state index contributed by atoms with van der Waals surface area (Å²) in [6.45, 7) is 33.5. The second-order valence-electron chi connectivity index (χ2n) is 25.2. The van der Waals surface area contributed by atoms with E-state index in [0.29, 0.717) is 59.6 Å². The van der Waals surface area contributed by atoms with Crippen molar-refractivity contribution in [2.24, 2.45) is 0 Å². The van der Waals surface area contributed by atoms with Crippen LogP contribution < -0.4 is 5.32 Å². The topological polar surface area (TPSA) is 215 Å². The average molecular weight is 1050 g/mol. The van der Waals surface area contributed by atoms with Gasteiger partial charge in [0.2, 0.25) is 0 Å². The molecular weight excluding hydrogens is 965 g/mol. The van der Waals surface area contributed by atoms with Crippen molar-refractivity contribution in [1.29, 1.82) is 0 Å². The third-order valence-corrected chi connectivity index (χ3v) is 11.7. The fraction of sp³-hybridized carbons (Fsp3) is 0.636. The second kappa shape index (κ2) is 21.6. The van der Waals surface area contributed by atoms with Crippen molar-refractivity contribution in [2.75, 3.05) is 33.2 Å². The SMILES string of the molecule is CC(C)(C)OC(=O)NC1(c2nc3ccccc3n2C(=O)OC(C)(C)C)CCN(C(=O)OC(C)(C)C)CC1.CN(C(=O)OC(C)(C)C)C1(c2nc3ccccc3n2C(=O)OC(C)(C)C)CCN(C(=O)OC(C)(C)C)CC1. The van der Waals surface area contributed by atoms with Gasteiger partial charge in [0, 0.05) is 33.2 Å². The van der Waals surface area contributed by atoms with Crippen LogP contribution >= 0.6 is 0 Å². The molecule has 0 atom stereocenters. The lowest BCUT2D eigenvalue weighted by Crippen LogP contribution is -2.57. The molecule has 2 aliphatic heterocycles. The monoisotopic (exact) mass is 1050 g/mol. The number of nitrogens with zero attached hydrogens (tertiary/aromatic N) is 7. The number of carbonyl (C=O) groups excluding carboxylic acids is 6. The summed E-state index contributed by atoms with van der Waals surface area (Å²) >= 11 is 0. The minimum atomic E-state index is -1.10. The molecule has 2 fully saturated rings. The number of likely N-dealkylation sites (tertiary alicyclic amines) is 2. The summed E-state index contributed by atoms with van der Waals surface area (Å²) in [5, 5.41) is 3.00. The van der Waals surface area contributed by atoms with Crippen LogP contribution in [0, 0.1) is 0 Å². The van der Waals surface area contributed by atoms with Crippen LogP contribution in [-0.4, -0.2) is 137 Å². The molecule has 20 nitrogen and oxygen atoms in total. The van der Waals surface area contributed by atoms with Crippen LogP contribution in [0.5, 0.6) is 0 Å². The summed E-state index contributed by atoms with van der Waals surface area (Å²) in [5.74, 6) is 0.697. The van der Waals surface area contributed by atoms with Crippen LogP contribution in [-0.2, 0) is 39.5 Å². The van der Waals surface area contributed by atoms with E-state index < -0.39 is 81.2 Å². The van der Waals surface area contributed by atoms with Gasteiger partial charge in [0.15, 0.2) is 0 Å². The third kappa shape index (κ3) is 15.5. The molecule has 0 aliphatic carbocycles. The van der Waals surface area contributed by atoms with E-state index in [4.69, 9.17) is 38.4 Å². The third-order valence-electron chi connectivity index (χ3n) is 11.7. The number of benzene rings is 2. The molecular formula is C55H82N8O12. The van der Waals surface area contributed by atoms with Crippen molar-refractivity contribution >= 4 is 58.6 Å².